The lowest BCUT2D eigenvalue weighted by Crippen LogP contribution is -2.31. The van der Waals surface area contributed by atoms with Gasteiger partial charge in [-0.05, 0) is 13.8 Å². The summed E-state index contributed by atoms with van der Waals surface area (Å²) in [5, 5.41) is 0.681. The van der Waals surface area contributed by atoms with E-state index in [0.717, 1.165) is 13.1 Å². The van der Waals surface area contributed by atoms with E-state index in [1.165, 1.54) is 0 Å². The van der Waals surface area contributed by atoms with Crippen LogP contribution in [0.2, 0.25) is 0 Å². The monoisotopic (exact) mass is 173 g/mol. The fourth-order valence-electron chi connectivity index (χ4n) is 0.844. The summed E-state index contributed by atoms with van der Waals surface area (Å²) < 4.78 is 0. The highest BCUT2D eigenvalue weighted by Gasteiger charge is 2.06. The fourth-order valence-corrected chi connectivity index (χ4v) is 0.998. The normalized spacial score (nSPS) is 10.6. The van der Waals surface area contributed by atoms with Crippen LogP contribution in [0.4, 0.5) is 0 Å². The van der Waals surface area contributed by atoms with Crippen LogP contribution in [0.25, 0.3) is 0 Å². The maximum absolute atomic E-state index is 5.68. The molecule has 0 saturated heterocycles. The van der Waals surface area contributed by atoms with Crippen LogP contribution in [-0.2, 0) is 0 Å². The van der Waals surface area contributed by atoms with Gasteiger partial charge < -0.3 is 0 Å². The van der Waals surface area contributed by atoms with Gasteiger partial charge in [-0.2, -0.15) is 0 Å². The Hall–Kier alpha value is -0.270. The molecule has 0 atom stereocenters. The van der Waals surface area contributed by atoms with Gasteiger partial charge in [-0.25, -0.2) is 0 Å². The van der Waals surface area contributed by atoms with E-state index in [4.69, 9.17) is 11.6 Å². The summed E-state index contributed by atoms with van der Waals surface area (Å²) in [4.78, 5) is 2.20. The minimum atomic E-state index is 0.489. The highest BCUT2D eigenvalue weighted by atomic mass is 35.5. The second-order valence-corrected chi connectivity index (χ2v) is 3.36. The van der Waals surface area contributed by atoms with Crippen molar-refractivity contribution in [2.45, 2.75) is 19.9 Å². The third-order valence-electron chi connectivity index (χ3n) is 1.47. The largest absolute Gasteiger partial charge is 0.292 e. The molecule has 0 aromatic rings. The Bertz CT molecular complexity index is 140. The summed E-state index contributed by atoms with van der Waals surface area (Å²) >= 11 is 5.68. The first-order chi connectivity index (χ1) is 5.07. The standard InChI is InChI=1S/C9H16ClN/c1-5-6-11(8(2)3)7-9(4)10/h5,8H,1,4,6-7H2,2-3H3. The van der Waals surface area contributed by atoms with E-state index >= 15 is 0 Å². The summed E-state index contributed by atoms with van der Waals surface area (Å²) in [5.74, 6) is 0. The first-order valence-corrected chi connectivity index (χ1v) is 4.14. The second kappa shape index (κ2) is 5.39. The highest BCUT2D eigenvalue weighted by molar-refractivity contribution is 6.29. The Balaban J connectivity index is 3.88. The van der Waals surface area contributed by atoms with Crippen molar-refractivity contribution in [3.8, 4) is 0 Å². The zero-order valence-electron chi connectivity index (χ0n) is 7.31. The van der Waals surface area contributed by atoms with Gasteiger partial charge in [0.2, 0.25) is 0 Å². The molecule has 0 aliphatic carbocycles. The van der Waals surface area contributed by atoms with E-state index in [9.17, 15) is 0 Å². The minimum Gasteiger partial charge on any atom is -0.292 e. The van der Waals surface area contributed by atoms with Crippen molar-refractivity contribution in [3.63, 3.8) is 0 Å². The maximum atomic E-state index is 5.68. The number of rotatable bonds is 5. The van der Waals surface area contributed by atoms with E-state index in [-0.39, 0.29) is 0 Å². The number of hydrogen-bond acceptors (Lipinski definition) is 1. The summed E-state index contributed by atoms with van der Waals surface area (Å²) in [6.45, 7) is 13.2. The molecule has 0 amide bonds. The Labute approximate surface area is 74.3 Å². The van der Waals surface area contributed by atoms with Crippen LogP contribution in [0.3, 0.4) is 0 Å². The van der Waals surface area contributed by atoms with Crippen LogP contribution in [0.15, 0.2) is 24.3 Å². The minimum absolute atomic E-state index is 0.489. The van der Waals surface area contributed by atoms with Crippen LogP contribution >= 0.6 is 11.6 Å². The fraction of sp³-hybridized carbons (Fsp3) is 0.556. The Morgan fingerprint density at radius 1 is 1.64 bits per heavy atom. The van der Waals surface area contributed by atoms with Gasteiger partial charge in [0, 0.05) is 24.2 Å². The van der Waals surface area contributed by atoms with Crippen LogP contribution in [0.5, 0.6) is 0 Å². The SMILES string of the molecule is C=CCN(CC(=C)Cl)C(C)C. The molecule has 0 aromatic carbocycles. The molecule has 11 heavy (non-hydrogen) atoms. The summed E-state index contributed by atoms with van der Waals surface area (Å²) in [6.07, 6.45) is 1.87. The summed E-state index contributed by atoms with van der Waals surface area (Å²) in [6, 6.07) is 0.489. The molecule has 0 aromatic heterocycles. The molecule has 0 heterocycles. The molecule has 0 spiro atoms. The zero-order chi connectivity index (χ0) is 8.85. The van der Waals surface area contributed by atoms with E-state index in [2.05, 4.69) is 31.9 Å². The molecule has 0 fully saturated rings. The molecule has 0 saturated carbocycles. The average molecular weight is 174 g/mol. The van der Waals surface area contributed by atoms with Gasteiger partial charge in [-0.1, -0.05) is 24.3 Å². The Morgan fingerprint density at radius 2 is 2.18 bits per heavy atom. The molecule has 0 bridgehead atoms. The molecule has 1 nitrogen and oxygen atoms in total. The predicted molar refractivity (Wildman–Crippen MR) is 51.9 cm³/mol. The van der Waals surface area contributed by atoms with E-state index in [1.54, 1.807) is 0 Å². The number of hydrogen-bond donors (Lipinski definition) is 0. The lowest BCUT2D eigenvalue weighted by molar-refractivity contribution is 0.271. The van der Waals surface area contributed by atoms with Crippen molar-refractivity contribution >= 4 is 11.6 Å². The van der Waals surface area contributed by atoms with Gasteiger partial charge >= 0.3 is 0 Å². The van der Waals surface area contributed by atoms with Crippen molar-refractivity contribution in [1.82, 2.24) is 4.90 Å². The van der Waals surface area contributed by atoms with Crippen LogP contribution in [0, 0.1) is 0 Å². The molecule has 0 aliphatic heterocycles. The maximum Gasteiger partial charge on any atom is 0.0341 e. The quantitative estimate of drug-likeness (QED) is 0.578. The Kier molecular flexibility index (Phi) is 5.26. The van der Waals surface area contributed by atoms with Crippen molar-refractivity contribution < 1.29 is 0 Å². The van der Waals surface area contributed by atoms with Gasteiger partial charge in [0.15, 0.2) is 0 Å². The third kappa shape index (κ3) is 5.05. The van der Waals surface area contributed by atoms with Gasteiger partial charge in [0.25, 0.3) is 0 Å². The molecular formula is C9H16ClN. The zero-order valence-corrected chi connectivity index (χ0v) is 8.06. The number of halogens is 1. The lowest BCUT2D eigenvalue weighted by atomic mass is 10.3. The van der Waals surface area contributed by atoms with Gasteiger partial charge in [0.1, 0.15) is 0 Å². The highest BCUT2D eigenvalue weighted by Crippen LogP contribution is 2.05. The van der Waals surface area contributed by atoms with Crippen molar-refractivity contribution in [2.75, 3.05) is 13.1 Å². The molecule has 0 N–H and O–H groups in total. The average Bonchev–Trinajstić information content (AvgIpc) is 1.86. The molecule has 0 rings (SSSR count). The summed E-state index contributed by atoms with van der Waals surface area (Å²) in [7, 11) is 0. The van der Waals surface area contributed by atoms with Gasteiger partial charge in [0.05, 0.1) is 0 Å². The molecule has 0 radical (unpaired) electrons. The molecule has 0 aliphatic rings. The molecule has 2 heteroatoms. The van der Waals surface area contributed by atoms with E-state index in [1.807, 2.05) is 6.08 Å². The van der Waals surface area contributed by atoms with E-state index in [0.29, 0.717) is 11.1 Å². The molecular weight excluding hydrogens is 158 g/mol. The Morgan fingerprint density at radius 3 is 2.45 bits per heavy atom. The summed E-state index contributed by atoms with van der Waals surface area (Å²) in [5.41, 5.74) is 0. The second-order valence-electron chi connectivity index (χ2n) is 2.83. The first kappa shape index (κ1) is 10.7. The molecule has 64 valence electrons. The van der Waals surface area contributed by atoms with Crippen LogP contribution < -0.4 is 0 Å². The van der Waals surface area contributed by atoms with Crippen molar-refractivity contribution in [3.05, 3.63) is 24.3 Å². The molecule has 0 unspecified atom stereocenters. The van der Waals surface area contributed by atoms with Crippen molar-refractivity contribution in [1.29, 1.82) is 0 Å². The number of nitrogens with zero attached hydrogens (tertiary/aromatic N) is 1. The van der Waals surface area contributed by atoms with Crippen LogP contribution in [0.1, 0.15) is 13.8 Å². The third-order valence-corrected chi connectivity index (χ3v) is 1.59. The predicted octanol–water partition coefficient (Wildman–Crippen LogP) is 2.64. The van der Waals surface area contributed by atoms with Crippen molar-refractivity contribution in [2.24, 2.45) is 0 Å². The lowest BCUT2D eigenvalue weighted by Gasteiger charge is -2.24. The van der Waals surface area contributed by atoms with Crippen LogP contribution in [-0.4, -0.2) is 24.0 Å². The first-order valence-electron chi connectivity index (χ1n) is 3.76. The van der Waals surface area contributed by atoms with E-state index < -0.39 is 0 Å². The van der Waals surface area contributed by atoms with Gasteiger partial charge in [-0.15, -0.1) is 6.58 Å². The smallest absolute Gasteiger partial charge is 0.0341 e. The van der Waals surface area contributed by atoms with Gasteiger partial charge in [-0.3, -0.25) is 4.90 Å². The topological polar surface area (TPSA) is 3.24 Å².